The van der Waals surface area contributed by atoms with Crippen molar-refractivity contribution in [1.82, 2.24) is 0 Å². The minimum Gasteiger partial charge on any atom is -0.355 e. The first-order chi connectivity index (χ1) is 12.1. The van der Waals surface area contributed by atoms with Gasteiger partial charge in [-0.15, -0.1) is 0 Å². The van der Waals surface area contributed by atoms with E-state index in [0.29, 0.717) is 16.9 Å². The first kappa shape index (κ1) is 16.6. The van der Waals surface area contributed by atoms with E-state index in [9.17, 15) is 13.6 Å². The van der Waals surface area contributed by atoms with Gasteiger partial charge in [0, 0.05) is 17.1 Å². The number of carbonyl (C=O) groups is 1. The number of benzene rings is 3. The highest BCUT2D eigenvalue weighted by Gasteiger charge is 2.05. The highest BCUT2D eigenvalue weighted by atomic mass is 19.1. The molecule has 0 aromatic heterocycles. The van der Waals surface area contributed by atoms with E-state index in [1.807, 2.05) is 0 Å². The third-order valence-electron chi connectivity index (χ3n) is 3.54. The lowest BCUT2D eigenvalue weighted by molar-refractivity contribution is -0.115. The average Bonchev–Trinajstić information content (AvgIpc) is 2.57. The Labute approximate surface area is 144 Å². The summed E-state index contributed by atoms with van der Waals surface area (Å²) >= 11 is 0. The van der Waals surface area contributed by atoms with Crippen molar-refractivity contribution in [3.63, 3.8) is 0 Å². The molecule has 0 aliphatic heterocycles. The van der Waals surface area contributed by atoms with Gasteiger partial charge in [-0.05, 0) is 60.2 Å². The molecule has 0 unspecified atom stereocenters. The molecule has 2 N–H and O–H groups in total. The van der Waals surface area contributed by atoms with Crippen LogP contribution >= 0.6 is 0 Å². The van der Waals surface area contributed by atoms with Gasteiger partial charge in [0.2, 0.25) is 5.91 Å². The molecule has 0 saturated heterocycles. The summed E-state index contributed by atoms with van der Waals surface area (Å²) in [6.07, 6.45) is 0.0983. The Kier molecular flexibility index (Phi) is 5.04. The third kappa shape index (κ3) is 4.88. The third-order valence-corrected chi connectivity index (χ3v) is 3.54. The van der Waals surface area contributed by atoms with Crippen LogP contribution in [0.2, 0.25) is 0 Å². The molecule has 0 heterocycles. The molecule has 0 aliphatic carbocycles. The van der Waals surface area contributed by atoms with E-state index in [1.165, 1.54) is 24.3 Å². The molecule has 126 valence electrons. The van der Waals surface area contributed by atoms with Gasteiger partial charge >= 0.3 is 0 Å². The molecule has 0 saturated carbocycles. The zero-order chi connectivity index (χ0) is 17.6. The molecular formula is C20H16F2N2O. The molecule has 3 aromatic rings. The topological polar surface area (TPSA) is 41.1 Å². The van der Waals surface area contributed by atoms with Crippen molar-refractivity contribution in [2.24, 2.45) is 0 Å². The predicted octanol–water partition coefficient (Wildman–Crippen LogP) is 4.89. The molecule has 0 radical (unpaired) electrons. The van der Waals surface area contributed by atoms with E-state index in [4.69, 9.17) is 0 Å². The molecule has 5 heteroatoms. The number of hydrogen-bond donors (Lipinski definition) is 2. The Balaban J connectivity index is 1.59. The van der Waals surface area contributed by atoms with Crippen LogP contribution in [0.15, 0.2) is 72.8 Å². The maximum atomic E-state index is 13.2. The lowest BCUT2D eigenvalue weighted by Gasteiger charge is -2.09. The van der Waals surface area contributed by atoms with Crippen molar-refractivity contribution in [2.45, 2.75) is 6.42 Å². The predicted molar refractivity (Wildman–Crippen MR) is 94.9 cm³/mol. The Morgan fingerprint density at radius 2 is 1.40 bits per heavy atom. The normalized spacial score (nSPS) is 10.3. The van der Waals surface area contributed by atoms with Crippen LogP contribution in [0.1, 0.15) is 5.56 Å². The SMILES string of the molecule is O=C(Cc1cccc(F)c1)Nc1ccc(Nc2cccc(F)c2)cc1. The summed E-state index contributed by atoms with van der Waals surface area (Å²) in [5.74, 6) is -0.902. The fourth-order valence-corrected chi connectivity index (χ4v) is 2.41. The molecule has 0 atom stereocenters. The first-order valence-electron chi connectivity index (χ1n) is 7.75. The molecular weight excluding hydrogens is 322 g/mol. The number of amides is 1. The summed E-state index contributed by atoms with van der Waals surface area (Å²) in [6.45, 7) is 0. The Bertz CT molecular complexity index is 879. The van der Waals surface area contributed by atoms with Crippen molar-refractivity contribution >= 4 is 23.0 Å². The molecule has 25 heavy (non-hydrogen) atoms. The van der Waals surface area contributed by atoms with Crippen LogP contribution in [-0.2, 0) is 11.2 Å². The number of anilines is 3. The van der Waals surface area contributed by atoms with Crippen LogP contribution in [0.25, 0.3) is 0 Å². The van der Waals surface area contributed by atoms with Gasteiger partial charge in [-0.1, -0.05) is 18.2 Å². The summed E-state index contributed by atoms with van der Waals surface area (Å²) in [4.78, 5) is 12.0. The molecule has 3 aromatic carbocycles. The van der Waals surface area contributed by atoms with Crippen molar-refractivity contribution in [1.29, 1.82) is 0 Å². The second-order valence-corrected chi connectivity index (χ2v) is 5.57. The Morgan fingerprint density at radius 3 is 2.08 bits per heavy atom. The van der Waals surface area contributed by atoms with Crippen LogP contribution in [-0.4, -0.2) is 5.91 Å². The van der Waals surface area contributed by atoms with Crippen LogP contribution in [0, 0.1) is 11.6 Å². The Hall–Kier alpha value is -3.21. The molecule has 3 nitrogen and oxygen atoms in total. The molecule has 3 rings (SSSR count). The first-order valence-corrected chi connectivity index (χ1v) is 7.75. The van der Waals surface area contributed by atoms with E-state index in [-0.39, 0.29) is 24.0 Å². The quantitative estimate of drug-likeness (QED) is 0.695. The van der Waals surface area contributed by atoms with Crippen molar-refractivity contribution in [3.05, 3.63) is 90.0 Å². The Morgan fingerprint density at radius 1 is 0.760 bits per heavy atom. The van der Waals surface area contributed by atoms with Crippen LogP contribution in [0.3, 0.4) is 0 Å². The van der Waals surface area contributed by atoms with Crippen molar-refractivity contribution in [3.8, 4) is 0 Å². The van der Waals surface area contributed by atoms with E-state index in [2.05, 4.69) is 10.6 Å². The largest absolute Gasteiger partial charge is 0.355 e. The fourth-order valence-electron chi connectivity index (χ4n) is 2.41. The lowest BCUT2D eigenvalue weighted by Crippen LogP contribution is -2.14. The molecule has 0 bridgehead atoms. The van der Waals surface area contributed by atoms with Gasteiger partial charge in [0.1, 0.15) is 11.6 Å². The van der Waals surface area contributed by atoms with Crippen LogP contribution in [0.4, 0.5) is 25.8 Å². The highest BCUT2D eigenvalue weighted by Crippen LogP contribution is 2.19. The zero-order valence-electron chi connectivity index (χ0n) is 13.3. The van der Waals surface area contributed by atoms with Gasteiger partial charge in [0.25, 0.3) is 0 Å². The average molecular weight is 338 g/mol. The molecule has 0 spiro atoms. The number of rotatable bonds is 5. The van der Waals surface area contributed by atoms with E-state index in [0.717, 1.165) is 5.69 Å². The van der Waals surface area contributed by atoms with E-state index >= 15 is 0 Å². The summed E-state index contributed by atoms with van der Waals surface area (Å²) in [6, 6.07) is 19.2. The zero-order valence-corrected chi connectivity index (χ0v) is 13.3. The van der Waals surface area contributed by atoms with Gasteiger partial charge in [-0.2, -0.15) is 0 Å². The highest BCUT2D eigenvalue weighted by molar-refractivity contribution is 5.92. The summed E-state index contributed by atoms with van der Waals surface area (Å²) in [5, 5.41) is 5.84. The van der Waals surface area contributed by atoms with Crippen LogP contribution in [0.5, 0.6) is 0 Å². The van der Waals surface area contributed by atoms with Gasteiger partial charge in [0.05, 0.1) is 6.42 Å². The fraction of sp³-hybridized carbons (Fsp3) is 0.0500. The van der Waals surface area contributed by atoms with Gasteiger partial charge in [-0.25, -0.2) is 8.78 Å². The summed E-state index contributed by atoms with van der Waals surface area (Å²) in [7, 11) is 0. The van der Waals surface area contributed by atoms with Crippen molar-refractivity contribution in [2.75, 3.05) is 10.6 Å². The van der Waals surface area contributed by atoms with Gasteiger partial charge < -0.3 is 10.6 Å². The molecule has 1 amide bonds. The standard InChI is InChI=1S/C20H16F2N2O/c21-15-4-1-3-14(11-15)12-20(25)24-18-9-7-17(8-10-18)23-19-6-2-5-16(22)13-19/h1-11,13,23H,12H2,(H,24,25). The van der Waals surface area contributed by atoms with Crippen LogP contribution < -0.4 is 10.6 Å². The maximum absolute atomic E-state index is 13.2. The minimum absolute atomic E-state index is 0.0983. The second-order valence-electron chi connectivity index (χ2n) is 5.57. The second kappa shape index (κ2) is 7.57. The number of carbonyl (C=O) groups excluding carboxylic acids is 1. The van der Waals surface area contributed by atoms with Gasteiger partial charge in [0.15, 0.2) is 0 Å². The maximum Gasteiger partial charge on any atom is 0.228 e. The summed E-state index contributed by atoms with van der Waals surface area (Å²) < 4.78 is 26.3. The minimum atomic E-state index is -0.363. The summed E-state index contributed by atoms with van der Waals surface area (Å²) in [5.41, 5.74) is 2.66. The number of hydrogen-bond acceptors (Lipinski definition) is 2. The number of nitrogens with one attached hydrogen (secondary N) is 2. The molecule has 0 fully saturated rings. The smallest absolute Gasteiger partial charge is 0.228 e. The van der Waals surface area contributed by atoms with Crippen molar-refractivity contribution < 1.29 is 13.6 Å². The van der Waals surface area contributed by atoms with E-state index in [1.54, 1.807) is 48.5 Å². The number of halogens is 2. The lowest BCUT2D eigenvalue weighted by atomic mass is 10.1. The van der Waals surface area contributed by atoms with E-state index < -0.39 is 0 Å². The molecule has 0 aliphatic rings. The monoisotopic (exact) mass is 338 g/mol. The van der Waals surface area contributed by atoms with Gasteiger partial charge in [-0.3, -0.25) is 4.79 Å².